The average Bonchev–Trinajstić information content (AvgIpc) is 3.50. The lowest BCUT2D eigenvalue weighted by molar-refractivity contribution is -0.147. The lowest BCUT2D eigenvalue weighted by Crippen LogP contribution is -2.51. The first kappa shape index (κ1) is 28.7. The van der Waals surface area contributed by atoms with E-state index >= 15 is 0 Å². The van der Waals surface area contributed by atoms with Crippen molar-refractivity contribution in [2.24, 2.45) is 28.6 Å². The Balaban J connectivity index is 1.46. The molecule has 0 unspecified atom stereocenters. The van der Waals surface area contributed by atoms with Crippen LogP contribution in [0.15, 0.2) is 12.1 Å². The molecule has 2 bridgehead atoms. The maximum Gasteiger partial charge on any atom is 0.309 e. The lowest BCUT2D eigenvalue weighted by atomic mass is 9.70. The van der Waals surface area contributed by atoms with Crippen LogP contribution in [0.4, 0.5) is 0 Å². The molecule has 4 atom stereocenters. The van der Waals surface area contributed by atoms with Gasteiger partial charge in [0.2, 0.25) is 5.91 Å². The first-order valence-corrected chi connectivity index (χ1v) is 14.0. The predicted octanol–water partition coefficient (Wildman–Crippen LogP) is 4.29. The molecule has 2 amide bonds. The van der Waals surface area contributed by atoms with Gasteiger partial charge in [0.1, 0.15) is 17.6 Å². The summed E-state index contributed by atoms with van der Waals surface area (Å²) in [5.74, 6) is -0.450. The van der Waals surface area contributed by atoms with Gasteiger partial charge in [-0.1, -0.05) is 13.3 Å². The molecule has 0 spiro atoms. The van der Waals surface area contributed by atoms with Crippen LogP contribution in [-0.4, -0.2) is 49.2 Å². The van der Waals surface area contributed by atoms with Crippen LogP contribution in [0.1, 0.15) is 88.1 Å². The van der Waals surface area contributed by atoms with E-state index in [1.807, 2.05) is 0 Å². The summed E-state index contributed by atoms with van der Waals surface area (Å²) in [5.41, 5.74) is -0.239. The van der Waals surface area contributed by atoms with Crippen molar-refractivity contribution in [3.8, 4) is 17.6 Å². The van der Waals surface area contributed by atoms with Crippen molar-refractivity contribution in [3.05, 3.63) is 23.3 Å². The molecule has 0 radical (unpaired) electrons. The van der Waals surface area contributed by atoms with Gasteiger partial charge in [0.05, 0.1) is 36.2 Å². The van der Waals surface area contributed by atoms with E-state index in [1.165, 1.54) is 25.7 Å². The lowest BCUT2D eigenvalue weighted by Gasteiger charge is -2.39. The van der Waals surface area contributed by atoms with Crippen molar-refractivity contribution in [2.75, 3.05) is 20.3 Å². The van der Waals surface area contributed by atoms with Gasteiger partial charge in [0.15, 0.2) is 0 Å². The molecule has 0 heterocycles. The number of hydrogen-bond acceptors (Lipinski definition) is 6. The van der Waals surface area contributed by atoms with Crippen molar-refractivity contribution in [3.63, 3.8) is 0 Å². The van der Waals surface area contributed by atoms with E-state index in [1.54, 1.807) is 13.8 Å². The fourth-order valence-corrected chi connectivity index (χ4v) is 6.40. The molecule has 9 nitrogen and oxygen atoms in total. The monoisotopic (exact) mass is 539 g/mol. The largest absolute Gasteiger partial charge is 0.496 e. The number of benzene rings is 1. The molecule has 3 fully saturated rings. The van der Waals surface area contributed by atoms with E-state index in [-0.39, 0.29) is 70.3 Å². The number of rotatable bonds is 12. The van der Waals surface area contributed by atoms with Crippen LogP contribution in [0.5, 0.6) is 11.5 Å². The average molecular weight is 540 g/mol. The zero-order chi connectivity index (χ0) is 28.4. The highest BCUT2D eigenvalue weighted by Gasteiger charge is 2.51. The number of methoxy groups -OCH3 is 1. The van der Waals surface area contributed by atoms with E-state index in [0.29, 0.717) is 19.4 Å². The minimum Gasteiger partial charge on any atom is -0.496 e. The van der Waals surface area contributed by atoms with Crippen molar-refractivity contribution in [1.29, 1.82) is 5.26 Å². The summed E-state index contributed by atoms with van der Waals surface area (Å²) in [6.07, 6.45) is 7.27. The predicted molar refractivity (Wildman–Crippen MR) is 144 cm³/mol. The summed E-state index contributed by atoms with van der Waals surface area (Å²) >= 11 is 0. The number of nitrogens with one attached hydrogen (secondary N) is 2. The topological polar surface area (TPSA) is 138 Å². The Morgan fingerprint density at radius 2 is 1.90 bits per heavy atom. The SMILES string of the molecule is COc1cc(C#N)c(OCCCC(C)(C)C(=O)O)cc1C(=O)N[C@@H]1[C@H]2CC[C@H](C2)[C@@H]1C(=O)NCC1(C)CCC1. The van der Waals surface area contributed by atoms with Gasteiger partial charge in [-0.3, -0.25) is 14.4 Å². The smallest absolute Gasteiger partial charge is 0.309 e. The standard InChI is InChI=1S/C30H41N3O6/c1-29(2,28(36)37)9-6-12-39-22-15-21(23(38-4)14-20(22)16-31)26(34)33-25-19-8-7-18(13-19)24(25)27(35)32-17-30(3)10-5-11-30/h14-15,18-19,24-25H,5-13,17H2,1-4H3,(H,32,35)(H,33,34)(H,36,37)/t18-,19+,24+,25-/m1/s1. The van der Waals surface area contributed by atoms with Crippen LogP contribution < -0.4 is 20.1 Å². The van der Waals surface area contributed by atoms with Gasteiger partial charge < -0.3 is 25.2 Å². The molecule has 3 saturated carbocycles. The van der Waals surface area contributed by atoms with Crippen LogP contribution >= 0.6 is 0 Å². The van der Waals surface area contributed by atoms with Crippen molar-refractivity contribution in [2.45, 2.75) is 78.2 Å². The Labute approximate surface area is 230 Å². The first-order valence-electron chi connectivity index (χ1n) is 14.0. The van der Waals surface area contributed by atoms with Gasteiger partial charge in [0.25, 0.3) is 5.91 Å². The molecular formula is C30H41N3O6. The molecule has 0 aromatic heterocycles. The molecule has 0 aliphatic heterocycles. The Morgan fingerprint density at radius 3 is 2.51 bits per heavy atom. The number of carbonyl (C=O) groups is 3. The van der Waals surface area contributed by atoms with E-state index in [0.717, 1.165) is 32.1 Å². The van der Waals surface area contributed by atoms with Gasteiger partial charge in [-0.2, -0.15) is 5.26 Å². The number of nitriles is 1. The van der Waals surface area contributed by atoms with Crippen molar-refractivity contribution < 1.29 is 29.0 Å². The Morgan fingerprint density at radius 1 is 1.18 bits per heavy atom. The fraction of sp³-hybridized carbons (Fsp3) is 0.667. The molecule has 3 N–H and O–H groups in total. The van der Waals surface area contributed by atoms with E-state index in [9.17, 15) is 24.8 Å². The minimum absolute atomic E-state index is 0.0284. The number of hydrogen-bond donors (Lipinski definition) is 3. The molecule has 9 heteroatoms. The van der Waals surface area contributed by atoms with Gasteiger partial charge >= 0.3 is 5.97 Å². The zero-order valence-corrected chi connectivity index (χ0v) is 23.5. The summed E-state index contributed by atoms with van der Waals surface area (Å²) in [7, 11) is 1.44. The maximum absolute atomic E-state index is 13.6. The molecule has 1 aromatic carbocycles. The van der Waals surface area contributed by atoms with Crippen LogP contribution in [0.3, 0.4) is 0 Å². The van der Waals surface area contributed by atoms with E-state index in [2.05, 4.69) is 23.6 Å². The summed E-state index contributed by atoms with van der Waals surface area (Å²) in [6, 6.07) is 4.82. The third kappa shape index (κ3) is 6.15. The van der Waals surface area contributed by atoms with Crippen LogP contribution in [0.25, 0.3) is 0 Å². The van der Waals surface area contributed by atoms with Crippen molar-refractivity contribution in [1.82, 2.24) is 10.6 Å². The summed E-state index contributed by atoms with van der Waals surface area (Å²) < 4.78 is 11.3. The van der Waals surface area contributed by atoms with Crippen molar-refractivity contribution >= 4 is 17.8 Å². The van der Waals surface area contributed by atoms with E-state index in [4.69, 9.17) is 9.47 Å². The van der Waals surface area contributed by atoms with Gasteiger partial charge in [0, 0.05) is 18.7 Å². The number of amides is 2. The highest BCUT2D eigenvalue weighted by molar-refractivity contribution is 5.98. The maximum atomic E-state index is 13.6. The number of nitrogens with zero attached hydrogens (tertiary/aromatic N) is 1. The summed E-state index contributed by atoms with van der Waals surface area (Å²) in [6.45, 7) is 6.40. The van der Waals surface area contributed by atoms with Gasteiger partial charge in [-0.25, -0.2) is 0 Å². The third-order valence-corrected chi connectivity index (χ3v) is 9.22. The fourth-order valence-electron chi connectivity index (χ4n) is 6.40. The van der Waals surface area contributed by atoms with Gasteiger partial charge in [-0.05, 0) is 82.1 Å². The molecule has 3 aliphatic rings. The number of ether oxygens (including phenoxy) is 2. The Bertz CT molecular complexity index is 1150. The van der Waals surface area contributed by atoms with Crippen LogP contribution in [0.2, 0.25) is 0 Å². The number of carboxylic acid groups (broad SMARTS) is 1. The Hall–Kier alpha value is -3.28. The highest BCUT2D eigenvalue weighted by atomic mass is 16.5. The number of aliphatic carboxylic acids is 1. The molecule has 4 rings (SSSR count). The quantitative estimate of drug-likeness (QED) is 0.337. The molecule has 0 saturated heterocycles. The van der Waals surface area contributed by atoms with E-state index < -0.39 is 11.4 Å². The highest BCUT2D eigenvalue weighted by Crippen LogP contribution is 2.49. The Kier molecular flexibility index (Phi) is 8.43. The van der Waals surface area contributed by atoms with Crippen LogP contribution in [-0.2, 0) is 9.59 Å². The van der Waals surface area contributed by atoms with Crippen LogP contribution in [0, 0.1) is 39.9 Å². The number of carbonyl (C=O) groups excluding carboxylic acids is 2. The minimum atomic E-state index is -0.883. The molecule has 212 valence electrons. The normalized spacial score (nSPS) is 24.8. The third-order valence-electron chi connectivity index (χ3n) is 9.22. The first-order chi connectivity index (χ1) is 18.5. The molecule has 39 heavy (non-hydrogen) atoms. The second kappa shape index (κ2) is 11.4. The summed E-state index contributed by atoms with van der Waals surface area (Å²) in [4.78, 5) is 38.2. The molecular weight excluding hydrogens is 498 g/mol. The number of fused-ring (bicyclic) bond motifs is 2. The molecule has 3 aliphatic carbocycles. The zero-order valence-electron chi connectivity index (χ0n) is 23.5. The second-order valence-corrected chi connectivity index (χ2v) is 12.5. The summed E-state index contributed by atoms with van der Waals surface area (Å²) in [5, 5.41) is 25.3. The molecule has 1 aromatic rings. The second-order valence-electron chi connectivity index (χ2n) is 12.5. The number of carboxylic acids is 1. The van der Waals surface area contributed by atoms with Gasteiger partial charge in [-0.15, -0.1) is 0 Å².